The van der Waals surface area contributed by atoms with Crippen LogP contribution in [0.2, 0.25) is 0 Å². The van der Waals surface area contributed by atoms with Gasteiger partial charge in [0, 0.05) is 13.0 Å². The van der Waals surface area contributed by atoms with E-state index in [0.29, 0.717) is 18.9 Å². The lowest BCUT2D eigenvalue weighted by molar-refractivity contribution is -0.155. The number of carbonyl (C=O) groups is 2. The topological polar surface area (TPSA) is 64.6 Å². The molecule has 0 unspecified atom stereocenters. The molecule has 1 atom stereocenters. The number of esters is 1. The van der Waals surface area contributed by atoms with E-state index < -0.39 is 6.10 Å². The summed E-state index contributed by atoms with van der Waals surface area (Å²) in [5.41, 5.74) is 0.951. The maximum absolute atomic E-state index is 11.9. The Morgan fingerprint density at radius 3 is 2.32 bits per heavy atom. The molecule has 1 aromatic rings. The Hall–Kier alpha value is -2.04. The van der Waals surface area contributed by atoms with E-state index in [0.717, 1.165) is 17.7 Å². The van der Waals surface area contributed by atoms with E-state index in [2.05, 4.69) is 5.32 Å². The standard InChI is InChI=1S/C17H25NO4/c1-12(2)5-10-16(19)22-13(3)17(20)18-11-14-6-8-15(21-4)9-7-14/h6-9,12-13H,5,10-11H2,1-4H3,(H,18,20)/t13-/m1/s1. The van der Waals surface area contributed by atoms with Gasteiger partial charge in [0.25, 0.3) is 5.91 Å². The smallest absolute Gasteiger partial charge is 0.306 e. The van der Waals surface area contributed by atoms with Crippen LogP contribution in [0, 0.1) is 5.92 Å². The minimum absolute atomic E-state index is 0.297. The molecule has 1 amide bonds. The Balaban J connectivity index is 2.35. The molecule has 1 aromatic carbocycles. The number of ether oxygens (including phenoxy) is 2. The minimum Gasteiger partial charge on any atom is -0.497 e. The van der Waals surface area contributed by atoms with Gasteiger partial charge in [-0.05, 0) is 37.0 Å². The van der Waals surface area contributed by atoms with Gasteiger partial charge >= 0.3 is 5.97 Å². The van der Waals surface area contributed by atoms with E-state index in [1.54, 1.807) is 14.0 Å². The second kappa shape index (κ2) is 9.07. The van der Waals surface area contributed by atoms with Crippen LogP contribution in [0.1, 0.15) is 39.2 Å². The highest BCUT2D eigenvalue weighted by Gasteiger charge is 2.17. The van der Waals surface area contributed by atoms with Crippen molar-refractivity contribution in [1.29, 1.82) is 0 Å². The fraction of sp³-hybridized carbons (Fsp3) is 0.529. The van der Waals surface area contributed by atoms with E-state index in [4.69, 9.17) is 9.47 Å². The molecule has 0 aliphatic heterocycles. The quantitative estimate of drug-likeness (QED) is 0.750. The van der Waals surface area contributed by atoms with Crippen molar-refractivity contribution >= 4 is 11.9 Å². The average molecular weight is 307 g/mol. The Kier molecular flexibility index (Phi) is 7.43. The maximum Gasteiger partial charge on any atom is 0.306 e. The normalized spacial score (nSPS) is 11.9. The Labute approximate surface area is 132 Å². The van der Waals surface area contributed by atoms with E-state index in [1.165, 1.54) is 0 Å². The van der Waals surface area contributed by atoms with Gasteiger partial charge in [0.1, 0.15) is 5.75 Å². The van der Waals surface area contributed by atoms with Crippen LogP contribution in [0.4, 0.5) is 0 Å². The van der Waals surface area contributed by atoms with Gasteiger partial charge in [-0.2, -0.15) is 0 Å². The molecule has 0 saturated carbocycles. The van der Waals surface area contributed by atoms with Crippen LogP contribution in [0.5, 0.6) is 5.75 Å². The van der Waals surface area contributed by atoms with Gasteiger partial charge < -0.3 is 14.8 Å². The maximum atomic E-state index is 11.9. The van der Waals surface area contributed by atoms with Gasteiger partial charge in [-0.25, -0.2) is 0 Å². The molecule has 1 rings (SSSR count). The molecule has 0 fully saturated rings. The van der Waals surface area contributed by atoms with Crippen molar-refractivity contribution in [3.05, 3.63) is 29.8 Å². The first-order valence-electron chi connectivity index (χ1n) is 7.52. The summed E-state index contributed by atoms with van der Waals surface area (Å²) < 4.78 is 10.2. The van der Waals surface area contributed by atoms with Gasteiger partial charge in [-0.15, -0.1) is 0 Å². The number of rotatable bonds is 8. The van der Waals surface area contributed by atoms with Crippen molar-refractivity contribution in [1.82, 2.24) is 5.32 Å². The zero-order chi connectivity index (χ0) is 16.5. The minimum atomic E-state index is -0.780. The van der Waals surface area contributed by atoms with Crippen LogP contribution >= 0.6 is 0 Å². The van der Waals surface area contributed by atoms with Crippen molar-refractivity contribution in [3.8, 4) is 5.75 Å². The molecule has 0 radical (unpaired) electrons. The van der Waals surface area contributed by atoms with Gasteiger partial charge in [0.15, 0.2) is 6.10 Å². The molecule has 0 aromatic heterocycles. The van der Waals surface area contributed by atoms with E-state index in [-0.39, 0.29) is 11.9 Å². The highest BCUT2D eigenvalue weighted by molar-refractivity contribution is 5.83. The second-order valence-electron chi connectivity index (χ2n) is 5.63. The van der Waals surface area contributed by atoms with Crippen LogP contribution in [0.15, 0.2) is 24.3 Å². The van der Waals surface area contributed by atoms with E-state index in [1.807, 2.05) is 38.1 Å². The van der Waals surface area contributed by atoms with Crippen LogP contribution in [-0.4, -0.2) is 25.1 Å². The van der Waals surface area contributed by atoms with Gasteiger partial charge in [-0.1, -0.05) is 26.0 Å². The summed E-state index contributed by atoms with van der Waals surface area (Å²) in [5, 5.41) is 2.75. The third-order valence-electron chi connectivity index (χ3n) is 3.23. The van der Waals surface area contributed by atoms with Crippen LogP contribution < -0.4 is 10.1 Å². The number of methoxy groups -OCH3 is 1. The van der Waals surface area contributed by atoms with Crippen LogP contribution in [-0.2, 0) is 20.9 Å². The third-order valence-corrected chi connectivity index (χ3v) is 3.23. The van der Waals surface area contributed by atoms with Crippen molar-refractivity contribution in [3.63, 3.8) is 0 Å². The monoisotopic (exact) mass is 307 g/mol. The second-order valence-corrected chi connectivity index (χ2v) is 5.63. The predicted octanol–water partition coefficient (Wildman–Crippen LogP) is 2.68. The molecule has 0 aliphatic rings. The first kappa shape index (κ1) is 18.0. The number of hydrogen-bond acceptors (Lipinski definition) is 4. The zero-order valence-electron chi connectivity index (χ0n) is 13.7. The van der Waals surface area contributed by atoms with E-state index in [9.17, 15) is 9.59 Å². The lowest BCUT2D eigenvalue weighted by atomic mass is 10.1. The summed E-state index contributed by atoms with van der Waals surface area (Å²) in [6.07, 6.45) is 0.324. The Bertz CT molecular complexity index is 482. The highest BCUT2D eigenvalue weighted by atomic mass is 16.5. The molecule has 5 heteroatoms. The fourth-order valence-electron chi connectivity index (χ4n) is 1.79. The molecule has 5 nitrogen and oxygen atoms in total. The van der Waals surface area contributed by atoms with Crippen molar-refractivity contribution in [2.75, 3.05) is 7.11 Å². The van der Waals surface area contributed by atoms with Gasteiger partial charge in [0.2, 0.25) is 0 Å². The number of hydrogen-bond donors (Lipinski definition) is 1. The molecular weight excluding hydrogens is 282 g/mol. The SMILES string of the molecule is COc1ccc(CNC(=O)[C@@H](C)OC(=O)CCC(C)C)cc1. The highest BCUT2D eigenvalue weighted by Crippen LogP contribution is 2.11. The molecule has 0 heterocycles. The molecule has 1 N–H and O–H groups in total. The zero-order valence-corrected chi connectivity index (χ0v) is 13.7. The van der Waals surface area contributed by atoms with Crippen LogP contribution in [0.25, 0.3) is 0 Å². The molecule has 122 valence electrons. The molecule has 0 bridgehead atoms. The summed E-state index contributed by atoms with van der Waals surface area (Å²) in [7, 11) is 1.60. The van der Waals surface area contributed by atoms with Crippen molar-refractivity contribution in [2.24, 2.45) is 5.92 Å². The largest absolute Gasteiger partial charge is 0.497 e. The molecule has 0 saturated heterocycles. The summed E-state index contributed by atoms with van der Waals surface area (Å²) in [5.74, 6) is 0.573. The van der Waals surface area contributed by atoms with E-state index >= 15 is 0 Å². The third kappa shape index (κ3) is 6.61. The fourth-order valence-corrected chi connectivity index (χ4v) is 1.79. The molecule has 22 heavy (non-hydrogen) atoms. The Morgan fingerprint density at radius 2 is 1.77 bits per heavy atom. The first-order chi connectivity index (χ1) is 10.4. The van der Waals surface area contributed by atoms with Crippen LogP contribution in [0.3, 0.4) is 0 Å². The molecule has 0 spiro atoms. The molecular formula is C17H25NO4. The van der Waals surface area contributed by atoms with Gasteiger partial charge in [-0.3, -0.25) is 9.59 Å². The lowest BCUT2D eigenvalue weighted by Gasteiger charge is -2.14. The number of benzene rings is 1. The summed E-state index contributed by atoms with van der Waals surface area (Å²) in [6, 6.07) is 7.41. The predicted molar refractivity (Wildman–Crippen MR) is 84.5 cm³/mol. The Morgan fingerprint density at radius 1 is 1.14 bits per heavy atom. The number of carbonyl (C=O) groups excluding carboxylic acids is 2. The lowest BCUT2D eigenvalue weighted by Crippen LogP contribution is -2.35. The number of amides is 1. The summed E-state index contributed by atoms with van der Waals surface area (Å²) in [6.45, 7) is 6.05. The first-order valence-corrected chi connectivity index (χ1v) is 7.52. The average Bonchev–Trinajstić information content (AvgIpc) is 2.51. The summed E-state index contributed by atoms with van der Waals surface area (Å²) in [4.78, 5) is 23.5. The summed E-state index contributed by atoms with van der Waals surface area (Å²) >= 11 is 0. The molecule has 0 aliphatic carbocycles. The van der Waals surface area contributed by atoms with Crippen molar-refractivity contribution < 1.29 is 19.1 Å². The van der Waals surface area contributed by atoms with Crippen molar-refractivity contribution in [2.45, 2.75) is 46.3 Å². The van der Waals surface area contributed by atoms with Gasteiger partial charge in [0.05, 0.1) is 7.11 Å². The number of nitrogens with one attached hydrogen (secondary N) is 1.